The van der Waals surface area contributed by atoms with E-state index in [1.54, 1.807) is 12.1 Å². The van der Waals surface area contributed by atoms with E-state index in [-0.39, 0.29) is 5.82 Å². The Morgan fingerprint density at radius 2 is 2.11 bits per heavy atom. The molecule has 100 valence electrons. The van der Waals surface area contributed by atoms with Crippen molar-refractivity contribution in [1.82, 2.24) is 10.2 Å². The Balaban J connectivity index is 1.62. The quantitative estimate of drug-likeness (QED) is 0.885. The van der Waals surface area contributed by atoms with Crippen molar-refractivity contribution in [3.63, 3.8) is 0 Å². The first kappa shape index (κ1) is 12.2. The molecule has 2 N–H and O–H groups in total. The standard InChI is InChI=1S/C15H18FN3/c1-9-15(10(2)19-18-9)17-14-7-12(8-14)11-4-3-5-13(16)6-11/h3-6,12,14,17H,7-8H2,1-2H3,(H,18,19). The minimum absolute atomic E-state index is 0.143. The Hall–Kier alpha value is -1.84. The predicted octanol–water partition coefficient (Wildman–Crippen LogP) is 3.52. The molecule has 3 rings (SSSR count). The van der Waals surface area contributed by atoms with Crippen molar-refractivity contribution in [2.24, 2.45) is 0 Å². The monoisotopic (exact) mass is 259 g/mol. The first-order valence-corrected chi connectivity index (χ1v) is 6.67. The summed E-state index contributed by atoms with van der Waals surface area (Å²) >= 11 is 0. The molecule has 0 radical (unpaired) electrons. The van der Waals surface area contributed by atoms with Crippen LogP contribution in [0.5, 0.6) is 0 Å². The fraction of sp³-hybridized carbons (Fsp3) is 0.400. The second-order valence-corrected chi connectivity index (χ2v) is 5.37. The summed E-state index contributed by atoms with van der Waals surface area (Å²) in [5.74, 6) is 0.330. The molecular formula is C15H18FN3. The summed E-state index contributed by atoms with van der Waals surface area (Å²) in [5, 5.41) is 10.7. The van der Waals surface area contributed by atoms with Crippen LogP contribution in [0.3, 0.4) is 0 Å². The molecule has 0 unspecified atom stereocenters. The summed E-state index contributed by atoms with van der Waals surface area (Å²) in [6.07, 6.45) is 2.10. The normalized spacial score (nSPS) is 22.1. The number of rotatable bonds is 3. The van der Waals surface area contributed by atoms with E-state index in [9.17, 15) is 4.39 Å². The van der Waals surface area contributed by atoms with Gasteiger partial charge in [-0.1, -0.05) is 12.1 Å². The van der Waals surface area contributed by atoms with E-state index in [0.717, 1.165) is 35.5 Å². The molecule has 3 nitrogen and oxygen atoms in total. The van der Waals surface area contributed by atoms with Crippen LogP contribution in [0.2, 0.25) is 0 Å². The maximum absolute atomic E-state index is 13.2. The van der Waals surface area contributed by atoms with Crippen LogP contribution in [-0.2, 0) is 0 Å². The highest BCUT2D eigenvalue weighted by molar-refractivity contribution is 5.52. The number of aryl methyl sites for hydroxylation is 2. The Morgan fingerprint density at radius 1 is 1.32 bits per heavy atom. The van der Waals surface area contributed by atoms with Gasteiger partial charge in [-0.05, 0) is 50.3 Å². The molecule has 0 atom stereocenters. The SMILES string of the molecule is Cc1n[nH]c(C)c1NC1CC(c2cccc(F)c2)C1. The first-order valence-electron chi connectivity index (χ1n) is 6.67. The zero-order valence-electron chi connectivity index (χ0n) is 11.2. The molecule has 1 aliphatic rings. The van der Waals surface area contributed by atoms with Crippen LogP contribution in [0.15, 0.2) is 24.3 Å². The molecule has 0 amide bonds. The molecule has 0 saturated heterocycles. The zero-order chi connectivity index (χ0) is 13.4. The van der Waals surface area contributed by atoms with Gasteiger partial charge in [-0.3, -0.25) is 5.10 Å². The molecule has 0 bridgehead atoms. The van der Waals surface area contributed by atoms with E-state index >= 15 is 0 Å². The topological polar surface area (TPSA) is 40.7 Å². The first-order chi connectivity index (χ1) is 9.13. The Bertz CT molecular complexity index is 565. The summed E-state index contributed by atoms with van der Waals surface area (Å²) in [6.45, 7) is 4.01. The maximum Gasteiger partial charge on any atom is 0.123 e. The fourth-order valence-electron chi connectivity index (χ4n) is 2.74. The summed E-state index contributed by atoms with van der Waals surface area (Å²) in [4.78, 5) is 0. The highest BCUT2D eigenvalue weighted by Gasteiger charge is 2.31. The van der Waals surface area contributed by atoms with E-state index in [2.05, 4.69) is 15.5 Å². The highest BCUT2D eigenvalue weighted by Crippen LogP contribution is 2.39. The van der Waals surface area contributed by atoms with E-state index in [4.69, 9.17) is 0 Å². The van der Waals surface area contributed by atoms with Crippen LogP contribution < -0.4 is 5.32 Å². The van der Waals surface area contributed by atoms with Gasteiger partial charge in [-0.15, -0.1) is 0 Å². The maximum atomic E-state index is 13.2. The van der Waals surface area contributed by atoms with Crippen molar-refractivity contribution >= 4 is 5.69 Å². The van der Waals surface area contributed by atoms with Crippen molar-refractivity contribution in [3.8, 4) is 0 Å². The molecule has 1 aromatic carbocycles. The van der Waals surface area contributed by atoms with Gasteiger partial charge in [0.25, 0.3) is 0 Å². The largest absolute Gasteiger partial charge is 0.379 e. The Morgan fingerprint density at radius 3 is 2.74 bits per heavy atom. The number of hydrogen-bond acceptors (Lipinski definition) is 2. The van der Waals surface area contributed by atoms with Gasteiger partial charge in [0.05, 0.1) is 17.1 Å². The van der Waals surface area contributed by atoms with Crippen molar-refractivity contribution in [2.45, 2.75) is 38.6 Å². The average Bonchev–Trinajstić information content (AvgIpc) is 2.64. The molecule has 19 heavy (non-hydrogen) atoms. The van der Waals surface area contributed by atoms with Gasteiger partial charge >= 0.3 is 0 Å². The minimum atomic E-state index is -0.143. The molecule has 0 spiro atoms. The minimum Gasteiger partial charge on any atom is -0.379 e. The Kier molecular flexibility index (Phi) is 3.01. The van der Waals surface area contributed by atoms with E-state index in [1.165, 1.54) is 6.07 Å². The molecule has 1 saturated carbocycles. The molecule has 1 aliphatic carbocycles. The van der Waals surface area contributed by atoms with Gasteiger partial charge in [0.15, 0.2) is 0 Å². The number of hydrogen-bond donors (Lipinski definition) is 2. The van der Waals surface area contributed by atoms with Crippen molar-refractivity contribution in [3.05, 3.63) is 47.0 Å². The van der Waals surface area contributed by atoms with Crippen LogP contribution in [-0.4, -0.2) is 16.2 Å². The third-order valence-electron chi connectivity index (χ3n) is 3.93. The number of nitrogens with zero attached hydrogens (tertiary/aromatic N) is 1. The lowest BCUT2D eigenvalue weighted by Crippen LogP contribution is -2.34. The molecule has 0 aliphatic heterocycles. The van der Waals surface area contributed by atoms with Gasteiger partial charge < -0.3 is 5.32 Å². The van der Waals surface area contributed by atoms with E-state index in [0.29, 0.717) is 12.0 Å². The van der Waals surface area contributed by atoms with Crippen LogP contribution >= 0.6 is 0 Å². The molecule has 1 aromatic heterocycles. The van der Waals surface area contributed by atoms with E-state index < -0.39 is 0 Å². The summed E-state index contributed by atoms with van der Waals surface area (Å²) in [7, 11) is 0. The lowest BCUT2D eigenvalue weighted by molar-refractivity contribution is 0.373. The van der Waals surface area contributed by atoms with Crippen molar-refractivity contribution in [1.29, 1.82) is 0 Å². The predicted molar refractivity (Wildman–Crippen MR) is 73.8 cm³/mol. The lowest BCUT2D eigenvalue weighted by Gasteiger charge is -2.37. The third-order valence-corrected chi connectivity index (χ3v) is 3.93. The second-order valence-electron chi connectivity index (χ2n) is 5.37. The lowest BCUT2D eigenvalue weighted by atomic mass is 9.76. The molecule has 2 aromatic rings. The summed E-state index contributed by atoms with van der Waals surface area (Å²) in [6, 6.07) is 7.41. The van der Waals surface area contributed by atoms with Crippen LogP contribution in [0.1, 0.15) is 35.7 Å². The fourth-order valence-corrected chi connectivity index (χ4v) is 2.74. The number of benzene rings is 1. The van der Waals surface area contributed by atoms with Crippen LogP contribution in [0.25, 0.3) is 0 Å². The smallest absolute Gasteiger partial charge is 0.123 e. The number of aromatic amines is 1. The average molecular weight is 259 g/mol. The van der Waals surface area contributed by atoms with Gasteiger partial charge in [0, 0.05) is 6.04 Å². The molecule has 1 heterocycles. The zero-order valence-corrected chi connectivity index (χ0v) is 11.2. The highest BCUT2D eigenvalue weighted by atomic mass is 19.1. The number of anilines is 1. The van der Waals surface area contributed by atoms with Gasteiger partial charge in [-0.25, -0.2) is 4.39 Å². The Labute approximate surface area is 112 Å². The molecule has 4 heteroatoms. The number of nitrogens with one attached hydrogen (secondary N) is 2. The molecule has 1 fully saturated rings. The number of aromatic nitrogens is 2. The molecular weight excluding hydrogens is 241 g/mol. The number of halogens is 1. The summed E-state index contributed by atoms with van der Waals surface area (Å²) in [5.41, 5.74) is 4.31. The van der Waals surface area contributed by atoms with Gasteiger partial charge in [0.2, 0.25) is 0 Å². The second kappa shape index (κ2) is 4.68. The van der Waals surface area contributed by atoms with Gasteiger partial charge in [-0.2, -0.15) is 5.10 Å². The van der Waals surface area contributed by atoms with Gasteiger partial charge in [0.1, 0.15) is 5.82 Å². The van der Waals surface area contributed by atoms with Crippen molar-refractivity contribution in [2.75, 3.05) is 5.32 Å². The summed E-state index contributed by atoms with van der Waals surface area (Å²) < 4.78 is 13.2. The number of H-pyrrole nitrogens is 1. The van der Waals surface area contributed by atoms with Crippen molar-refractivity contribution < 1.29 is 4.39 Å². The third kappa shape index (κ3) is 2.35. The van der Waals surface area contributed by atoms with E-state index in [1.807, 2.05) is 19.9 Å². The van der Waals surface area contributed by atoms with Crippen LogP contribution in [0, 0.1) is 19.7 Å². The van der Waals surface area contributed by atoms with Crippen LogP contribution in [0.4, 0.5) is 10.1 Å².